The van der Waals surface area contributed by atoms with Crippen molar-refractivity contribution in [3.63, 3.8) is 0 Å². The fraction of sp³-hybridized carbons (Fsp3) is 0.562. The van der Waals surface area contributed by atoms with Gasteiger partial charge in [-0.3, -0.25) is 0 Å². The number of nitrogens with zero attached hydrogens (tertiary/aromatic N) is 1. The van der Waals surface area contributed by atoms with Crippen molar-refractivity contribution in [1.29, 1.82) is 0 Å². The van der Waals surface area contributed by atoms with Crippen molar-refractivity contribution in [2.75, 3.05) is 39.8 Å². The normalized spacial score (nSPS) is 19.4. The molecule has 116 valence electrons. The third-order valence-electron chi connectivity index (χ3n) is 3.81. The van der Waals surface area contributed by atoms with E-state index < -0.39 is 5.97 Å². The Morgan fingerprint density at radius 1 is 1.48 bits per heavy atom. The number of rotatable bonds is 7. The van der Waals surface area contributed by atoms with Crippen molar-refractivity contribution in [2.24, 2.45) is 5.92 Å². The van der Waals surface area contributed by atoms with Crippen LogP contribution in [0, 0.1) is 5.92 Å². The molecule has 0 amide bonds. The molecule has 1 aromatic carbocycles. The summed E-state index contributed by atoms with van der Waals surface area (Å²) in [5, 5.41) is 12.5. The number of likely N-dealkylation sites (tertiary alicyclic amines) is 1. The monoisotopic (exact) mass is 292 g/mol. The fourth-order valence-corrected chi connectivity index (χ4v) is 2.75. The molecular formula is C16H24N2O3. The van der Waals surface area contributed by atoms with Crippen LogP contribution in [-0.2, 0) is 0 Å². The lowest BCUT2D eigenvalue weighted by molar-refractivity contribution is 0.0692. The largest absolute Gasteiger partial charge is 0.491 e. The number of carboxylic acids is 1. The van der Waals surface area contributed by atoms with Crippen LogP contribution in [0.1, 0.15) is 23.2 Å². The predicted octanol–water partition coefficient (Wildman–Crippen LogP) is 1.69. The number of aromatic carboxylic acids is 1. The number of ether oxygens (including phenoxy) is 1. The summed E-state index contributed by atoms with van der Waals surface area (Å²) in [6.45, 7) is 4.55. The highest BCUT2D eigenvalue weighted by molar-refractivity contribution is 5.90. The maximum Gasteiger partial charge on any atom is 0.339 e. The van der Waals surface area contributed by atoms with Gasteiger partial charge in [0.1, 0.15) is 17.9 Å². The lowest BCUT2D eigenvalue weighted by Gasteiger charge is -2.29. The van der Waals surface area contributed by atoms with Gasteiger partial charge in [-0.05, 0) is 51.0 Å². The van der Waals surface area contributed by atoms with Crippen LogP contribution < -0.4 is 10.1 Å². The lowest BCUT2D eigenvalue weighted by Crippen LogP contribution is -2.38. The summed E-state index contributed by atoms with van der Waals surface area (Å²) in [7, 11) is 2.16. The second-order valence-corrected chi connectivity index (χ2v) is 5.62. The average molecular weight is 292 g/mol. The lowest BCUT2D eigenvalue weighted by atomic mass is 9.98. The molecule has 2 rings (SSSR count). The molecule has 0 aliphatic carbocycles. The Morgan fingerprint density at radius 2 is 2.29 bits per heavy atom. The minimum absolute atomic E-state index is 0.214. The van der Waals surface area contributed by atoms with Crippen LogP contribution in [0.2, 0.25) is 0 Å². The molecule has 5 heteroatoms. The predicted molar refractivity (Wildman–Crippen MR) is 82.0 cm³/mol. The number of para-hydroxylation sites is 1. The van der Waals surface area contributed by atoms with Crippen molar-refractivity contribution in [3.05, 3.63) is 29.8 Å². The van der Waals surface area contributed by atoms with Crippen molar-refractivity contribution < 1.29 is 14.6 Å². The van der Waals surface area contributed by atoms with Crippen LogP contribution in [0.4, 0.5) is 0 Å². The van der Waals surface area contributed by atoms with Crippen molar-refractivity contribution in [1.82, 2.24) is 10.2 Å². The Labute approximate surface area is 125 Å². The first kappa shape index (κ1) is 15.8. The van der Waals surface area contributed by atoms with Gasteiger partial charge >= 0.3 is 5.97 Å². The average Bonchev–Trinajstić information content (AvgIpc) is 2.47. The summed E-state index contributed by atoms with van der Waals surface area (Å²) in [5.74, 6) is 0.183. The van der Waals surface area contributed by atoms with Crippen molar-refractivity contribution in [3.8, 4) is 5.75 Å². The highest BCUT2D eigenvalue weighted by atomic mass is 16.5. The number of carboxylic acid groups (broad SMARTS) is 1. The van der Waals surface area contributed by atoms with Crippen LogP contribution in [-0.4, -0.2) is 55.8 Å². The third kappa shape index (κ3) is 5.02. The first-order chi connectivity index (χ1) is 10.2. The van der Waals surface area contributed by atoms with E-state index in [-0.39, 0.29) is 5.56 Å². The number of piperidine rings is 1. The first-order valence-electron chi connectivity index (χ1n) is 7.51. The quantitative estimate of drug-likeness (QED) is 0.749. The van der Waals surface area contributed by atoms with Gasteiger partial charge in [-0.1, -0.05) is 12.1 Å². The minimum atomic E-state index is -0.955. The van der Waals surface area contributed by atoms with Crippen LogP contribution in [0.5, 0.6) is 5.75 Å². The number of carbonyl (C=O) groups is 1. The van der Waals surface area contributed by atoms with E-state index in [0.29, 0.717) is 18.3 Å². The van der Waals surface area contributed by atoms with Crippen LogP contribution in [0.3, 0.4) is 0 Å². The van der Waals surface area contributed by atoms with Crippen LogP contribution in [0.25, 0.3) is 0 Å². The Morgan fingerprint density at radius 3 is 3.05 bits per heavy atom. The standard InChI is InChI=1S/C16H24N2O3/c1-18-9-4-5-13(12-18)11-17-8-10-21-15-7-3-2-6-14(15)16(19)20/h2-3,6-7,13,17H,4-5,8-12H2,1H3,(H,19,20). The Hall–Kier alpha value is -1.59. The molecule has 1 aliphatic rings. The van der Waals surface area contributed by atoms with Crippen LogP contribution >= 0.6 is 0 Å². The SMILES string of the molecule is CN1CCCC(CNCCOc2ccccc2C(=O)O)C1. The maximum absolute atomic E-state index is 11.0. The molecule has 1 aromatic rings. The zero-order valence-corrected chi connectivity index (χ0v) is 12.5. The Balaban J connectivity index is 1.67. The second kappa shape index (κ2) is 8.00. The molecule has 0 spiro atoms. The van der Waals surface area contributed by atoms with Gasteiger partial charge in [-0.25, -0.2) is 4.79 Å². The topological polar surface area (TPSA) is 61.8 Å². The zero-order chi connectivity index (χ0) is 15.1. The zero-order valence-electron chi connectivity index (χ0n) is 12.5. The molecule has 0 radical (unpaired) electrons. The number of hydrogen-bond acceptors (Lipinski definition) is 4. The van der Waals surface area contributed by atoms with Gasteiger partial charge < -0.3 is 20.1 Å². The Bertz CT molecular complexity index is 465. The second-order valence-electron chi connectivity index (χ2n) is 5.62. The van der Waals surface area contributed by atoms with E-state index in [2.05, 4.69) is 17.3 Å². The number of benzene rings is 1. The summed E-state index contributed by atoms with van der Waals surface area (Å²) in [6.07, 6.45) is 2.55. The number of hydrogen-bond donors (Lipinski definition) is 2. The van der Waals surface area contributed by atoms with E-state index in [4.69, 9.17) is 9.84 Å². The molecule has 1 atom stereocenters. The maximum atomic E-state index is 11.0. The molecule has 0 bridgehead atoms. The van der Waals surface area contributed by atoms with Gasteiger partial charge in [-0.2, -0.15) is 0 Å². The first-order valence-corrected chi connectivity index (χ1v) is 7.51. The summed E-state index contributed by atoms with van der Waals surface area (Å²) in [5.41, 5.74) is 0.214. The highest BCUT2D eigenvalue weighted by Gasteiger charge is 2.16. The molecule has 2 N–H and O–H groups in total. The smallest absolute Gasteiger partial charge is 0.339 e. The summed E-state index contributed by atoms with van der Waals surface area (Å²) in [6, 6.07) is 6.74. The van der Waals surface area contributed by atoms with E-state index in [1.165, 1.54) is 19.4 Å². The molecule has 1 unspecified atom stereocenters. The molecule has 1 heterocycles. The Kier molecular flexibility index (Phi) is 6.02. The molecule has 1 fully saturated rings. The van der Waals surface area contributed by atoms with Gasteiger partial charge in [0.25, 0.3) is 0 Å². The molecular weight excluding hydrogens is 268 g/mol. The van der Waals surface area contributed by atoms with Gasteiger partial charge in [0.05, 0.1) is 0 Å². The summed E-state index contributed by atoms with van der Waals surface area (Å²) in [4.78, 5) is 13.4. The van der Waals surface area contributed by atoms with Gasteiger partial charge in [-0.15, -0.1) is 0 Å². The minimum Gasteiger partial charge on any atom is -0.491 e. The third-order valence-corrected chi connectivity index (χ3v) is 3.81. The molecule has 0 aromatic heterocycles. The van der Waals surface area contributed by atoms with E-state index in [9.17, 15) is 4.79 Å². The van der Waals surface area contributed by atoms with Crippen LogP contribution in [0.15, 0.2) is 24.3 Å². The van der Waals surface area contributed by atoms with E-state index >= 15 is 0 Å². The molecule has 5 nitrogen and oxygen atoms in total. The van der Waals surface area contributed by atoms with E-state index in [0.717, 1.165) is 19.6 Å². The molecule has 1 aliphatic heterocycles. The summed E-state index contributed by atoms with van der Waals surface area (Å²) < 4.78 is 5.56. The van der Waals surface area contributed by atoms with Crippen molar-refractivity contribution in [2.45, 2.75) is 12.8 Å². The fourth-order valence-electron chi connectivity index (χ4n) is 2.75. The molecule has 1 saturated heterocycles. The van der Waals surface area contributed by atoms with Gasteiger partial charge in [0, 0.05) is 13.1 Å². The van der Waals surface area contributed by atoms with Crippen molar-refractivity contribution >= 4 is 5.97 Å². The molecule has 0 saturated carbocycles. The van der Waals surface area contributed by atoms with Gasteiger partial charge in [0.2, 0.25) is 0 Å². The molecule has 21 heavy (non-hydrogen) atoms. The van der Waals surface area contributed by atoms with Gasteiger partial charge in [0.15, 0.2) is 0 Å². The number of nitrogens with one attached hydrogen (secondary N) is 1. The summed E-state index contributed by atoms with van der Waals surface area (Å²) >= 11 is 0. The van der Waals surface area contributed by atoms with E-state index in [1.807, 2.05) is 0 Å². The van der Waals surface area contributed by atoms with E-state index in [1.54, 1.807) is 24.3 Å². The highest BCUT2D eigenvalue weighted by Crippen LogP contribution is 2.17.